The molecule has 166 valence electrons. The lowest BCUT2D eigenvalue weighted by atomic mass is 9.91. The molecule has 2 aromatic carbocycles. The van der Waals surface area contributed by atoms with Gasteiger partial charge >= 0.3 is 5.97 Å². The Morgan fingerprint density at radius 2 is 1.91 bits per heavy atom. The minimum atomic E-state index is -0.464. The zero-order chi connectivity index (χ0) is 22.1. The van der Waals surface area contributed by atoms with Crippen LogP contribution in [0.15, 0.2) is 30.3 Å². The third kappa shape index (κ3) is 4.21. The highest BCUT2D eigenvalue weighted by molar-refractivity contribution is 5.93. The van der Waals surface area contributed by atoms with E-state index in [1.807, 2.05) is 18.2 Å². The van der Waals surface area contributed by atoms with Crippen LogP contribution in [0.1, 0.15) is 45.0 Å². The number of cyclic esters (lactones) is 1. The summed E-state index contributed by atoms with van der Waals surface area (Å²) in [5.74, 6) is 0.195. The highest BCUT2D eigenvalue weighted by atomic mass is 19.1. The van der Waals surface area contributed by atoms with Crippen LogP contribution < -0.4 is 4.74 Å². The van der Waals surface area contributed by atoms with Gasteiger partial charge in [-0.1, -0.05) is 12.1 Å². The van der Waals surface area contributed by atoms with Gasteiger partial charge in [0.2, 0.25) is 0 Å². The first-order chi connectivity index (χ1) is 15.6. The van der Waals surface area contributed by atoms with Crippen LogP contribution in [0, 0.1) is 17.1 Å². The van der Waals surface area contributed by atoms with Crippen molar-refractivity contribution in [3.63, 3.8) is 0 Å². The predicted molar refractivity (Wildman–Crippen MR) is 116 cm³/mol. The van der Waals surface area contributed by atoms with Crippen LogP contribution in [0.3, 0.4) is 0 Å². The quantitative estimate of drug-likeness (QED) is 0.673. The Morgan fingerprint density at radius 1 is 1.09 bits per heavy atom. The Balaban J connectivity index is 1.13. The molecule has 1 fully saturated rings. The Kier molecular flexibility index (Phi) is 5.81. The number of carbonyl (C=O) groups excluding carboxylic acids is 1. The van der Waals surface area contributed by atoms with Crippen LogP contribution in [0.2, 0.25) is 0 Å². The van der Waals surface area contributed by atoms with Gasteiger partial charge in [-0.25, -0.2) is 9.18 Å². The van der Waals surface area contributed by atoms with E-state index >= 15 is 0 Å². The first-order valence-corrected chi connectivity index (χ1v) is 11.2. The molecule has 32 heavy (non-hydrogen) atoms. The lowest BCUT2D eigenvalue weighted by Crippen LogP contribution is -2.48. The van der Waals surface area contributed by atoms with Gasteiger partial charge in [0.15, 0.2) is 0 Å². The number of carbonyl (C=O) groups is 1. The maximum atomic E-state index is 14.2. The van der Waals surface area contributed by atoms with Crippen molar-refractivity contribution in [1.29, 1.82) is 5.26 Å². The van der Waals surface area contributed by atoms with E-state index in [1.54, 1.807) is 0 Å². The highest BCUT2D eigenvalue weighted by Crippen LogP contribution is 2.36. The largest absolute Gasteiger partial charge is 0.493 e. The molecule has 0 N–H and O–H groups in total. The van der Waals surface area contributed by atoms with Gasteiger partial charge in [-0.05, 0) is 30.5 Å². The number of ether oxygens (including phenoxy) is 2. The zero-order valence-electron chi connectivity index (χ0n) is 18.0. The molecule has 0 saturated carbocycles. The number of fused-ring (bicyclic) bond motifs is 2. The van der Waals surface area contributed by atoms with E-state index in [0.717, 1.165) is 63.2 Å². The van der Waals surface area contributed by atoms with Crippen molar-refractivity contribution in [3.05, 3.63) is 64.0 Å². The number of nitrogens with zero attached hydrogens (tertiary/aromatic N) is 3. The van der Waals surface area contributed by atoms with Crippen LogP contribution >= 0.6 is 0 Å². The van der Waals surface area contributed by atoms with Crippen molar-refractivity contribution in [1.82, 2.24) is 9.80 Å². The summed E-state index contributed by atoms with van der Waals surface area (Å²) >= 11 is 0. The third-order valence-corrected chi connectivity index (χ3v) is 6.79. The van der Waals surface area contributed by atoms with Crippen molar-refractivity contribution in [3.8, 4) is 11.8 Å². The molecule has 5 rings (SSSR count). The standard InChI is InChI=1S/C25H26FN3O3/c26-23-13-22-18(4-10-31-24(22)12-19(23)14-27)15-29-8-6-28(7-9-29)5-3-17-1-2-21-20(11-17)16-32-25(21)30/h1-2,11-13,18H,3-10,15-16H2. The molecule has 0 bridgehead atoms. The normalized spacial score (nSPS) is 20.8. The van der Waals surface area contributed by atoms with Crippen molar-refractivity contribution >= 4 is 5.97 Å². The highest BCUT2D eigenvalue weighted by Gasteiger charge is 2.27. The summed E-state index contributed by atoms with van der Waals surface area (Å²) in [4.78, 5) is 16.5. The van der Waals surface area contributed by atoms with E-state index < -0.39 is 5.82 Å². The molecular formula is C25H26FN3O3. The Morgan fingerprint density at radius 3 is 2.72 bits per heavy atom. The van der Waals surface area contributed by atoms with Crippen LogP contribution in [0.25, 0.3) is 0 Å². The van der Waals surface area contributed by atoms with E-state index in [-0.39, 0.29) is 17.5 Å². The van der Waals surface area contributed by atoms with Gasteiger partial charge in [-0.3, -0.25) is 0 Å². The fourth-order valence-corrected chi connectivity index (χ4v) is 4.89. The van der Waals surface area contributed by atoms with Crippen molar-refractivity contribution < 1.29 is 18.7 Å². The number of piperazine rings is 1. The van der Waals surface area contributed by atoms with E-state index in [0.29, 0.717) is 24.5 Å². The molecule has 6 nitrogen and oxygen atoms in total. The molecule has 1 atom stereocenters. The molecule has 0 radical (unpaired) electrons. The number of halogens is 1. The summed E-state index contributed by atoms with van der Waals surface area (Å²) in [6.07, 6.45) is 1.82. The fraction of sp³-hybridized carbons (Fsp3) is 0.440. The molecule has 0 amide bonds. The van der Waals surface area contributed by atoms with Gasteiger partial charge in [-0.15, -0.1) is 0 Å². The number of rotatable bonds is 5. The first kappa shape index (κ1) is 20.9. The molecule has 0 aromatic heterocycles. The molecule has 1 saturated heterocycles. The second kappa shape index (κ2) is 8.89. The minimum Gasteiger partial charge on any atom is -0.493 e. The molecule has 3 aliphatic heterocycles. The molecule has 3 heterocycles. The van der Waals surface area contributed by atoms with Crippen LogP contribution in [0.4, 0.5) is 4.39 Å². The summed E-state index contributed by atoms with van der Waals surface area (Å²) in [5.41, 5.74) is 3.85. The SMILES string of the molecule is N#Cc1cc2c(cc1F)C(CN1CCN(CCc3ccc4c(c3)COC4=O)CC1)CCO2. The predicted octanol–water partition coefficient (Wildman–Crippen LogP) is 3.09. The molecular weight excluding hydrogens is 409 g/mol. The van der Waals surface area contributed by atoms with Crippen LogP contribution in [-0.2, 0) is 17.8 Å². The van der Waals surface area contributed by atoms with E-state index in [2.05, 4.69) is 15.9 Å². The zero-order valence-corrected chi connectivity index (χ0v) is 18.0. The molecule has 0 aliphatic carbocycles. The third-order valence-electron chi connectivity index (χ3n) is 6.79. The second-order valence-corrected chi connectivity index (χ2v) is 8.78. The molecule has 1 unspecified atom stereocenters. The van der Waals surface area contributed by atoms with Crippen LogP contribution in [-0.4, -0.2) is 61.6 Å². The summed E-state index contributed by atoms with van der Waals surface area (Å²) in [7, 11) is 0. The number of benzene rings is 2. The van der Waals surface area contributed by atoms with Gasteiger partial charge < -0.3 is 19.3 Å². The summed E-state index contributed by atoms with van der Waals surface area (Å²) in [5, 5.41) is 9.06. The minimum absolute atomic E-state index is 0.0421. The Labute approximate surface area is 187 Å². The van der Waals surface area contributed by atoms with Crippen LogP contribution in [0.5, 0.6) is 5.75 Å². The van der Waals surface area contributed by atoms with Crippen molar-refractivity contribution in [2.45, 2.75) is 25.4 Å². The lowest BCUT2D eigenvalue weighted by molar-refractivity contribution is 0.0535. The average Bonchev–Trinajstić information content (AvgIpc) is 3.18. The fourth-order valence-electron chi connectivity index (χ4n) is 4.89. The molecule has 2 aromatic rings. The molecule has 7 heteroatoms. The number of hydrogen-bond acceptors (Lipinski definition) is 6. The van der Waals surface area contributed by atoms with E-state index in [1.165, 1.54) is 17.7 Å². The average molecular weight is 435 g/mol. The molecule has 3 aliphatic rings. The number of nitriles is 1. The van der Waals surface area contributed by atoms with Gasteiger partial charge in [0, 0.05) is 62.4 Å². The summed E-state index contributed by atoms with van der Waals surface area (Å²) in [6, 6.07) is 10.9. The first-order valence-electron chi connectivity index (χ1n) is 11.2. The monoisotopic (exact) mass is 435 g/mol. The topological polar surface area (TPSA) is 65.8 Å². The smallest absolute Gasteiger partial charge is 0.338 e. The van der Waals surface area contributed by atoms with Gasteiger partial charge in [0.25, 0.3) is 0 Å². The van der Waals surface area contributed by atoms with Gasteiger partial charge in [-0.2, -0.15) is 5.26 Å². The van der Waals surface area contributed by atoms with Crippen molar-refractivity contribution in [2.75, 3.05) is 45.9 Å². The van der Waals surface area contributed by atoms with Crippen molar-refractivity contribution in [2.24, 2.45) is 0 Å². The van der Waals surface area contributed by atoms with Gasteiger partial charge in [0.05, 0.1) is 17.7 Å². The Bertz CT molecular complexity index is 1070. The summed E-state index contributed by atoms with van der Waals surface area (Å²) < 4.78 is 25.0. The summed E-state index contributed by atoms with van der Waals surface area (Å²) in [6.45, 7) is 6.84. The Hall–Kier alpha value is -2.95. The molecule has 0 spiro atoms. The maximum absolute atomic E-state index is 14.2. The number of esters is 1. The number of hydrogen-bond donors (Lipinski definition) is 0. The second-order valence-electron chi connectivity index (χ2n) is 8.78. The lowest BCUT2D eigenvalue weighted by Gasteiger charge is -2.37. The van der Waals surface area contributed by atoms with Gasteiger partial charge in [0.1, 0.15) is 24.2 Å². The maximum Gasteiger partial charge on any atom is 0.338 e. The van der Waals surface area contributed by atoms with E-state index in [9.17, 15) is 9.18 Å². The van der Waals surface area contributed by atoms with E-state index in [4.69, 9.17) is 14.7 Å².